The number of rotatable bonds is 4. The van der Waals surface area contributed by atoms with Crippen LogP contribution in [0.5, 0.6) is 0 Å². The van der Waals surface area contributed by atoms with Crippen molar-refractivity contribution in [2.45, 2.75) is 31.8 Å². The molecule has 16 heavy (non-hydrogen) atoms. The second kappa shape index (κ2) is 7.32. The molecular weight excluding hydrogens is 317 g/mol. The lowest BCUT2D eigenvalue weighted by atomic mass is 10.2. The lowest BCUT2D eigenvalue weighted by Gasteiger charge is -2.14. The summed E-state index contributed by atoms with van der Waals surface area (Å²) in [5.74, 6) is 1.80. The van der Waals surface area contributed by atoms with Gasteiger partial charge in [-0.15, -0.1) is 24.0 Å². The fraction of sp³-hybridized carbons (Fsp3) is 0.909. The van der Waals surface area contributed by atoms with E-state index in [0.717, 1.165) is 31.6 Å². The van der Waals surface area contributed by atoms with Gasteiger partial charge in [0.25, 0.3) is 0 Å². The topological polar surface area (TPSA) is 45.7 Å². The van der Waals surface area contributed by atoms with Crippen LogP contribution in [-0.2, 0) is 4.74 Å². The number of hydrogen-bond donors (Lipinski definition) is 2. The Labute approximate surface area is 115 Å². The Balaban J connectivity index is 0.00000128. The number of guanidine groups is 1. The summed E-state index contributed by atoms with van der Waals surface area (Å²) in [5, 5.41) is 6.65. The number of halogens is 1. The smallest absolute Gasteiger partial charge is 0.191 e. The molecule has 0 spiro atoms. The van der Waals surface area contributed by atoms with Crippen LogP contribution in [0.4, 0.5) is 0 Å². The third-order valence-electron chi connectivity index (χ3n) is 3.00. The molecule has 2 aliphatic rings. The summed E-state index contributed by atoms with van der Waals surface area (Å²) >= 11 is 0. The van der Waals surface area contributed by atoms with Crippen molar-refractivity contribution >= 4 is 29.9 Å². The van der Waals surface area contributed by atoms with E-state index < -0.39 is 0 Å². The van der Waals surface area contributed by atoms with Crippen LogP contribution in [-0.4, -0.2) is 38.8 Å². The van der Waals surface area contributed by atoms with Gasteiger partial charge in [-0.3, -0.25) is 4.99 Å². The molecule has 2 fully saturated rings. The molecule has 1 aliphatic heterocycles. The fourth-order valence-corrected chi connectivity index (χ4v) is 1.80. The molecule has 1 unspecified atom stereocenters. The molecule has 0 bridgehead atoms. The molecule has 2 rings (SSSR count). The lowest BCUT2D eigenvalue weighted by Crippen LogP contribution is -2.41. The van der Waals surface area contributed by atoms with E-state index in [-0.39, 0.29) is 24.0 Å². The second-order valence-electron chi connectivity index (χ2n) is 4.41. The van der Waals surface area contributed by atoms with Crippen molar-refractivity contribution in [1.29, 1.82) is 0 Å². The Morgan fingerprint density at radius 1 is 1.25 bits per heavy atom. The zero-order valence-corrected chi connectivity index (χ0v) is 12.2. The highest BCUT2D eigenvalue weighted by atomic mass is 127. The van der Waals surface area contributed by atoms with Gasteiger partial charge < -0.3 is 15.4 Å². The second-order valence-corrected chi connectivity index (χ2v) is 4.41. The third kappa shape index (κ3) is 4.86. The fourth-order valence-electron chi connectivity index (χ4n) is 1.80. The minimum absolute atomic E-state index is 0. The molecule has 1 saturated heterocycles. The van der Waals surface area contributed by atoms with Crippen molar-refractivity contribution in [3.05, 3.63) is 0 Å². The molecule has 1 heterocycles. The summed E-state index contributed by atoms with van der Waals surface area (Å²) in [6.07, 6.45) is 5.49. The predicted molar refractivity (Wildman–Crippen MR) is 76.5 cm³/mol. The molecule has 0 aromatic heterocycles. The van der Waals surface area contributed by atoms with Crippen LogP contribution in [0.25, 0.3) is 0 Å². The average Bonchev–Trinajstić information content (AvgIpc) is 2.94. The summed E-state index contributed by atoms with van der Waals surface area (Å²) in [4.78, 5) is 4.19. The van der Waals surface area contributed by atoms with E-state index in [2.05, 4.69) is 15.6 Å². The predicted octanol–water partition coefficient (Wildman–Crippen LogP) is 1.36. The average molecular weight is 339 g/mol. The van der Waals surface area contributed by atoms with Crippen LogP contribution in [0.1, 0.15) is 25.7 Å². The van der Waals surface area contributed by atoms with Crippen LogP contribution in [0.15, 0.2) is 4.99 Å². The molecule has 1 atom stereocenters. The standard InChI is InChI=1S/C11H21N3O.HI/c1-12-11(13-7-9-4-5-9)14-8-10-3-2-6-15-10;/h9-10H,2-8H2,1H3,(H2,12,13,14);1H. The molecule has 1 saturated carbocycles. The van der Waals surface area contributed by atoms with E-state index in [4.69, 9.17) is 4.74 Å². The summed E-state index contributed by atoms with van der Waals surface area (Å²) in [5.41, 5.74) is 0. The van der Waals surface area contributed by atoms with E-state index in [9.17, 15) is 0 Å². The van der Waals surface area contributed by atoms with Gasteiger partial charge in [-0.2, -0.15) is 0 Å². The molecule has 1 aliphatic carbocycles. The van der Waals surface area contributed by atoms with Gasteiger partial charge in [-0.25, -0.2) is 0 Å². The van der Waals surface area contributed by atoms with Gasteiger partial charge in [0.15, 0.2) is 5.96 Å². The van der Waals surface area contributed by atoms with Gasteiger partial charge in [0.05, 0.1) is 6.10 Å². The van der Waals surface area contributed by atoms with E-state index in [1.807, 2.05) is 7.05 Å². The van der Waals surface area contributed by atoms with Crippen LogP contribution in [0.3, 0.4) is 0 Å². The Morgan fingerprint density at radius 2 is 2.00 bits per heavy atom. The normalized spacial score (nSPS) is 25.1. The van der Waals surface area contributed by atoms with Crippen molar-refractivity contribution in [2.75, 3.05) is 26.7 Å². The Hall–Kier alpha value is -0.0400. The van der Waals surface area contributed by atoms with Crippen molar-refractivity contribution in [2.24, 2.45) is 10.9 Å². The van der Waals surface area contributed by atoms with Gasteiger partial charge in [0, 0.05) is 26.7 Å². The number of nitrogens with zero attached hydrogens (tertiary/aromatic N) is 1. The number of hydrogen-bond acceptors (Lipinski definition) is 2. The van der Waals surface area contributed by atoms with E-state index in [1.165, 1.54) is 25.7 Å². The van der Waals surface area contributed by atoms with Crippen LogP contribution in [0.2, 0.25) is 0 Å². The first-order chi connectivity index (χ1) is 7.38. The largest absolute Gasteiger partial charge is 0.376 e. The monoisotopic (exact) mass is 339 g/mol. The highest BCUT2D eigenvalue weighted by Crippen LogP contribution is 2.27. The molecular formula is C11H22IN3O. The van der Waals surface area contributed by atoms with Crippen molar-refractivity contribution < 1.29 is 4.74 Å². The SMILES string of the molecule is CN=C(NCC1CC1)NCC1CCCO1.I. The Morgan fingerprint density at radius 3 is 2.56 bits per heavy atom. The molecule has 4 nitrogen and oxygen atoms in total. The number of ether oxygens (including phenoxy) is 1. The molecule has 2 N–H and O–H groups in total. The molecule has 94 valence electrons. The van der Waals surface area contributed by atoms with Crippen molar-refractivity contribution in [3.8, 4) is 0 Å². The van der Waals surface area contributed by atoms with Gasteiger partial charge in [-0.05, 0) is 31.6 Å². The highest BCUT2D eigenvalue weighted by molar-refractivity contribution is 14.0. The Bertz CT molecular complexity index is 225. The lowest BCUT2D eigenvalue weighted by molar-refractivity contribution is 0.114. The molecule has 0 aromatic rings. The third-order valence-corrected chi connectivity index (χ3v) is 3.00. The van der Waals surface area contributed by atoms with E-state index in [0.29, 0.717) is 6.10 Å². The Kier molecular flexibility index (Phi) is 6.41. The van der Waals surface area contributed by atoms with Gasteiger partial charge in [0.2, 0.25) is 0 Å². The first kappa shape index (κ1) is 14.0. The number of nitrogens with one attached hydrogen (secondary N) is 2. The first-order valence-corrected chi connectivity index (χ1v) is 5.94. The number of aliphatic imine (C=N–C) groups is 1. The summed E-state index contributed by atoms with van der Waals surface area (Å²) in [6.45, 7) is 2.86. The van der Waals surface area contributed by atoms with Crippen LogP contribution in [0, 0.1) is 5.92 Å². The van der Waals surface area contributed by atoms with Crippen LogP contribution >= 0.6 is 24.0 Å². The molecule has 0 radical (unpaired) electrons. The maximum Gasteiger partial charge on any atom is 0.191 e. The van der Waals surface area contributed by atoms with Crippen molar-refractivity contribution in [3.63, 3.8) is 0 Å². The summed E-state index contributed by atoms with van der Waals surface area (Å²) < 4.78 is 5.54. The minimum atomic E-state index is 0. The zero-order valence-electron chi connectivity index (χ0n) is 9.87. The van der Waals surface area contributed by atoms with Gasteiger partial charge in [0.1, 0.15) is 0 Å². The minimum Gasteiger partial charge on any atom is -0.376 e. The maximum absolute atomic E-state index is 5.54. The first-order valence-electron chi connectivity index (χ1n) is 5.94. The highest BCUT2D eigenvalue weighted by Gasteiger charge is 2.21. The van der Waals surface area contributed by atoms with E-state index in [1.54, 1.807) is 0 Å². The molecule has 0 aromatic carbocycles. The summed E-state index contributed by atoms with van der Waals surface area (Å²) in [7, 11) is 1.82. The van der Waals surface area contributed by atoms with Gasteiger partial charge in [-0.1, -0.05) is 0 Å². The summed E-state index contributed by atoms with van der Waals surface area (Å²) in [6, 6.07) is 0. The zero-order chi connectivity index (χ0) is 10.5. The molecule has 5 heteroatoms. The quantitative estimate of drug-likeness (QED) is 0.462. The van der Waals surface area contributed by atoms with Crippen molar-refractivity contribution in [1.82, 2.24) is 10.6 Å². The van der Waals surface area contributed by atoms with E-state index >= 15 is 0 Å². The maximum atomic E-state index is 5.54. The van der Waals surface area contributed by atoms with Crippen LogP contribution < -0.4 is 10.6 Å². The van der Waals surface area contributed by atoms with Gasteiger partial charge >= 0.3 is 0 Å². The molecule has 0 amide bonds.